The molecule has 0 unspecified atom stereocenters. The zero-order chi connectivity index (χ0) is 16.1. The lowest BCUT2D eigenvalue weighted by atomic mass is 10.1. The molecule has 0 saturated heterocycles. The molecule has 0 aliphatic rings. The number of nitrogens with one attached hydrogen (secondary N) is 2. The number of amides is 2. The Balaban J connectivity index is 1.78. The minimum atomic E-state index is -1.12. The second kappa shape index (κ2) is 7.28. The molecule has 8 heteroatoms. The fourth-order valence-electron chi connectivity index (χ4n) is 1.75. The number of carbonyl (C=O) groups excluding carboxylic acids is 1. The van der Waals surface area contributed by atoms with E-state index in [1.165, 1.54) is 17.4 Å². The molecule has 2 amide bonds. The van der Waals surface area contributed by atoms with Gasteiger partial charge in [-0.15, -0.1) is 11.3 Å². The van der Waals surface area contributed by atoms with E-state index in [4.69, 9.17) is 0 Å². The third-order valence-electron chi connectivity index (χ3n) is 2.88. The maximum absolute atomic E-state index is 13.1. The molecule has 1 heterocycles. The monoisotopic (exact) mass is 327 g/mol. The lowest BCUT2D eigenvalue weighted by Gasteiger charge is -2.13. The summed E-state index contributed by atoms with van der Waals surface area (Å²) in [6, 6.07) is 2.61. The first-order valence-electron chi connectivity index (χ1n) is 6.51. The number of halogens is 2. The first-order chi connectivity index (χ1) is 10.5. The largest absolute Gasteiger partial charge is 0.387 e. The summed E-state index contributed by atoms with van der Waals surface area (Å²) in [5.74, 6) is -2.03. The highest BCUT2D eigenvalue weighted by atomic mass is 32.1. The van der Waals surface area contributed by atoms with E-state index in [2.05, 4.69) is 15.6 Å². The van der Waals surface area contributed by atoms with Gasteiger partial charge in [0, 0.05) is 11.9 Å². The van der Waals surface area contributed by atoms with Crippen LogP contribution in [0, 0.1) is 18.6 Å². The van der Waals surface area contributed by atoms with Crippen molar-refractivity contribution in [3.05, 3.63) is 51.5 Å². The first kappa shape index (κ1) is 16.3. The van der Waals surface area contributed by atoms with Gasteiger partial charge < -0.3 is 15.7 Å². The summed E-state index contributed by atoms with van der Waals surface area (Å²) < 4.78 is 25.9. The zero-order valence-corrected chi connectivity index (χ0v) is 12.6. The van der Waals surface area contributed by atoms with Crippen LogP contribution in [0.5, 0.6) is 0 Å². The third kappa shape index (κ3) is 4.47. The molecule has 0 spiro atoms. The van der Waals surface area contributed by atoms with E-state index in [1.807, 2.05) is 12.3 Å². The number of urea groups is 1. The van der Waals surface area contributed by atoms with Crippen LogP contribution in [-0.4, -0.2) is 22.7 Å². The number of aromatic nitrogens is 1. The van der Waals surface area contributed by atoms with Crippen molar-refractivity contribution in [2.24, 2.45) is 0 Å². The number of nitrogens with zero attached hydrogens (tertiary/aromatic N) is 1. The first-order valence-corrected chi connectivity index (χ1v) is 7.39. The molecule has 1 atom stereocenters. The number of carbonyl (C=O) groups is 1. The van der Waals surface area contributed by atoms with Crippen molar-refractivity contribution in [1.29, 1.82) is 0 Å². The van der Waals surface area contributed by atoms with Crippen molar-refractivity contribution in [2.45, 2.75) is 19.6 Å². The van der Waals surface area contributed by atoms with Crippen LogP contribution in [0.4, 0.5) is 13.6 Å². The Kier molecular flexibility index (Phi) is 5.40. The van der Waals surface area contributed by atoms with Gasteiger partial charge in [-0.3, -0.25) is 0 Å². The van der Waals surface area contributed by atoms with Gasteiger partial charge in [-0.05, 0) is 24.6 Å². The van der Waals surface area contributed by atoms with Crippen LogP contribution in [-0.2, 0) is 6.54 Å². The molecule has 0 radical (unpaired) electrons. The Morgan fingerprint density at radius 1 is 1.36 bits per heavy atom. The highest BCUT2D eigenvalue weighted by Gasteiger charge is 2.12. The molecule has 1 aromatic carbocycles. The van der Waals surface area contributed by atoms with Crippen LogP contribution in [0.2, 0.25) is 0 Å². The van der Waals surface area contributed by atoms with Crippen LogP contribution in [0.3, 0.4) is 0 Å². The number of aliphatic hydroxyl groups is 1. The molecular weight excluding hydrogens is 312 g/mol. The van der Waals surface area contributed by atoms with Crippen LogP contribution in [0.15, 0.2) is 23.6 Å². The molecule has 2 aromatic rings. The second-order valence-electron chi connectivity index (χ2n) is 4.61. The molecule has 1 aromatic heterocycles. The molecule has 0 aliphatic carbocycles. The van der Waals surface area contributed by atoms with Gasteiger partial charge in [-0.25, -0.2) is 18.6 Å². The van der Waals surface area contributed by atoms with Crippen molar-refractivity contribution in [2.75, 3.05) is 6.54 Å². The van der Waals surface area contributed by atoms with Gasteiger partial charge in [0.2, 0.25) is 0 Å². The SMILES string of the molecule is Cc1nc(CNC(=O)NC[C@@H](O)c2ccc(F)c(F)c2)cs1. The molecule has 22 heavy (non-hydrogen) atoms. The summed E-state index contributed by atoms with van der Waals surface area (Å²) in [6.45, 7) is 2.02. The predicted octanol–water partition coefficient (Wildman–Crippen LogP) is 2.26. The van der Waals surface area contributed by atoms with E-state index in [0.717, 1.165) is 22.8 Å². The summed E-state index contributed by atoms with van der Waals surface area (Å²) in [5.41, 5.74) is 0.938. The van der Waals surface area contributed by atoms with Crippen molar-refractivity contribution in [3.63, 3.8) is 0 Å². The third-order valence-corrected chi connectivity index (χ3v) is 3.70. The number of benzene rings is 1. The Morgan fingerprint density at radius 3 is 2.77 bits per heavy atom. The summed E-state index contributed by atoms with van der Waals surface area (Å²) in [7, 11) is 0. The van der Waals surface area contributed by atoms with Crippen LogP contribution in [0.25, 0.3) is 0 Å². The smallest absolute Gasteiger partial charge is 0.315 e. The topological polar surface area (TPSA) is 74.2 Å². The van der Waals surface area contributed by atoms with Crippen molar-refractivity contribution in [1.82, 2.24) is 15.6 Å². The Labute approximate surface area is 130 Å². The molecule has 0 fully saturated rings. The summed E-state index contributed by atoms with van der Waals surface area (Å²) >= 11 is 1.49. The predicted molar refractivity (Wildman–Crippen MR) is 78.4 cm³/mol. The fraction of sp³-hybridized carbons (Fsp3) is 0.286. The molecule has 0 saturated carbocycles. The molecule has 3 N–H and O–H groups in total. The Hall–Kier alpha value is -2.06. The Bertz CT molecular complexity index is 663. The number of aliphatic hydroxyl groups excluding tert-OH is 1. The molecule has 2 rings (SSSR count). The summed E-state index contributed by atoms with van der Waals surface area (Å²) in [4.78, 5) is 15.8. The van der Waals surface area contributed by atoms with Crippen LogP contribution in [0.1, 0.15) is 22.4 Å². The second-order valence-corrected chi connectivity index (χ2v) is 5.67. The lowest BCUT2D eigenvalue weighted by Crippen LogP contribution is -2.37. The normalized spacial score (nSPS) is 12.0. The highest BCUT2D eigenvalue weighted by Crippen LogP contribution is 2.15. The molecule has 5 nitrogen and oxygen atoms in total. The highest BCUT2D eigenvalue weighted by molar-refractivity contribution is 7.09. The van der Waals surface area contributed by atoms with Crippen molar-refractivity contribution >= 4 is 17.4 Å². The van der Waals surface area contributed by atoms with Gasteiger partial charge in [0.1, 0.15) is 0 Å². The molecule has 0 aliphatic heterocycles. The van der Waals surface area contributed by atoms with E-state index in [9.17, 15) is 18.7 Å². The minimum Gasteiger partial charge on any atom is -0.387 e. The number of thiazole rings is 1. The maximum atomic E-state index is 13.1. The standard InChI is InChI=1S/C14H15F2N3O2S/c1-8-19-10(7-22-8)5-17-14(21)18-6-13(20)9-2-3-11(15)12(16)4-9/h2-4,7,13,20H,5-6H2,1H3,(H2,17,18,21)/t13-/m1/s1. The lowest BCUT2D eigenvalue weighted by molar-refractivity contribution is 0.172. The average molecular weight is 327 g/mol. The van der Waals surface area contributed by atoms with E-state index in [-0.39, 0.29) is 18.7 Å². The van der Waals surface area contributed by atoms with E-state index in [1.54, 1.807) is 0 Å². The number of hydrogen-bond acceptors (Lipinski definition) is 4. The van der Waals surface area contributed by atoms with Gasteiger partial charge in [0.15, 0.2) is 11.6 Å². The fourth-order valence-corrected chi connectivity index (χ4v) is 2.36. The molecule has 118 valence electrons. The van der Waals surface area contributed by atoms with E-state index in [0.29, 0.717) is 0 Å². The Morgan fingerprint density at radius 2 is 2.14 bits per heavy atom. The maximum Gasteiger partial charge on any atom is 0.315 e. The van der Waals surface area contributed by atoms with Gasteiger partial charge in [0.25, 0.3) is 0 Å². The van der Waals surface area contributed by atoms with Crippen molar-refractivity contribution in [3.8, 4) is 0 Å². The zero-order valence-electron chi connectivity index (χ0n) is 11.8. The van der Waals surface area contributed by atoms with E-state index >= 15 is 0 Å². The van der Waals surface area contributed by atoms with Gasteiger partial charge in [0.05, 0.1) is 23.4 Å². The summed E-state index contributed by atoms with van der Waals surface area (Å²) in [6.07, 6.45) is -1.12. The quantitative estimate of drug-likeness (QED) is 0.789. The summed E-state index contributed by atoms with van der Waals surface area (Å²) in [5, 5.41) is 17.6. The number of rotatable bonds is 5. The minimum absolute atomic E-state index is 0.118. The number of hydrogen-bond donors (Lipinski definition) is 3. The van der Waals surface area contributed by atoms with Gasteiger partial charge in [-0.1, -0.05) is 6.07 Å². The van der Waals surface area contributed by atoms with Gasteiger partial charge >= 0.3 is 6.03 Å². The van der Waals surface area contributed by atoms with Gasteiger partial charge in [-0.2, -0.15) is 0 Å². The van der Waals surface area contributed by atoms with E-state index < -0.39 is 23.8 Å². The van der Waals surface area contributed by atoms with Crippen LogP contribution >= 0.6 is 11.3 Å². The van der Waals surface area contributed by atoms with Crippen LogP contribution < -0.4 is 10.6 Å². The number of aryl methyl sites for hydroxylation is 1. The average Bonchev–Trinajstić information content (AvgIpc) is 2.91. The van der Waals surface area contributed by atoms with Crippen molar-refractivity contribution < 1.29 is 18.7 Å². The molecule has 0 bridgehead atoms. The molecular formula is C14H15F2N3O2S.